The lowest BCUT2D eigenvalue weighted by atomic mass is 10.0. The molecular formula is C26H24BrClN2O4. The maximum absolute atomic E-state index is 12.1. The van der Waals surface area contributed by atoms with Crippen molar-refractivity contribution < 1.29 is 19.4 Å². The summed E-state index contributed by atoms with van der Waals surface area (Å²) < 4.78 is 12.4. The molecule has 1 aromatic heterocycles. The quantitative estimate of drug-likeness (QED) is 0.230. The van der Waals surface area contributed by atoms with E-state index in [1.165, 1.54) is 0 Å². The molecule has 0 aliphatic rings. The number of benzene rings is 3. The number of para-hydroxylation sites is 1. The Labute approximate surface area is 211 Å². The highest BCUT2D eigenvalue weighted by molar-refractivity contribution is 9.10. The molecule has 34 heavy (non-hydrogen) atoms. The second-order valence-electron chi connectivity index (χ2n) is 7.81. The number of nitrogens with one attached hydrogen (secondary N) is 2. The zero-order valence-corrected chi connectivity index (χ0v) is 20.8. The standard InChI is InChI=1S/C26H24BrClN2O4/c1-33-24-11-10-21(27)20(25(24)34-15-16-6-8-18(28)9-7-16)14-30-23(26(31)32)12-17-13-29-22-5-3-2-4-19(17)22/h2-11,13,23,29-30H,12,14-15H2,1H3,(H,31,32). The molecular weight excluding hydrogens is 520 g/mol. The molecule has 1 heterocycles. The lowest BCUT2D eigenvalue weighted by molar-refractivity contribution is -0.139. The number of ether oxygens (including phenoxy) is 2. The number of methoxy groups -OCH3 is 1. The molecule has 0 fully saturated rings. The summed E-state index contributed by atoms with van der Waals surface area (Å²) in [7, 11) is 1.58. The molecule has 3 aromatic carbocycles. The predicted octanol–water partition coefficient (Wildman–Crippen LogP) is 5.96. The van der Waals surface area contributed by atoms with E-state index in [0.29, 0.717) is 29.5 Å². The van der Waals surface area contributed by atoms with Crippen LogP contribution in [0.4, 0.5) is 0 Å². The van der Waals surface area contributed by atoms with Gasteiger partial charge in [-0.25, -0.2) is 0 Å². The average Bonchev–Trinajstić information content (AvgIpc) is 3.25. The number of aromatic nitrogens is 1. The van der Waals surface area contributed by atoms with E-state index in [0.717, 1.165) is 32.1 Å². The number of carboxylic acid groups (broad SMARTS) is 1. The van der Waals surface area contributed by atoms with E-state index in [2.05, 4.69) is 26.2 Å². The van der Waals surface area contributed by atoms with E-state index < -0.39 is 12.0 Å². The van der Waals surface area contributed by atoms with Gasteiger partial charge in [0, 0.05) is 45.1 Å². The van der Waals surface area contributed by atoms with Crippen molar-refractivity contribution in [2.24, 2.45) is 0 Å². The normalized spacial score (nSPS) is 12.0. The Hall–Kier alpha value is -3.00. The summed E-state index contributed by atoms with van der Waals surface area (Å²) in [4.78, 5) is 15.3. The molecule has 0 spiro atoms. The molecule has 176 valence electrons. The van der Waals surface area contributed by atoms with Crippen molar-refractivity contribution in [3.8, 4) is 11.5 Å². The molecule has 8 heteroatoms. The summed E-state index contributed by atoms with van der Waals surface area (Å²) in [6, 6.07) is 18.1. The minimum absolute atomic E-state index is 0.271. The van der Waals surface area contributed by atoms with E-state index in [4.69, 9.17) is 21.1 Å². The van der Waals surface area contributed by atoms with Gasteiger partial charge in [-0.2, -0.15) is 0 Å². The van der Waals surface area contributed by atoms with Crippen molar-refractivity contribution in [3.63, 3.8) is 0 Å². The summed E-state index contributed by atoms with van der Waals surface area (Å²) in [5.74, 6) is 0.195. The van der Waals surface area contributed by atoms with Crippen LogP contribution in [-0.2, 0) is 24.4 Å². The van der Waals surface area contributed by atoms with Crippen molar-refractivity contribution in [1.82, 2.24) is 10.3 Å². The molecule has 0 saturated carbocycles. The Morgan fingerprint density at radius 2 is 1.91 bits per heavy atom. The molecule has 0 radical (unpaired) electrons. The molecule has 3 N–H and O–H groups in total. The fourth-order valence-corrected chi connectivity index (χ4v) is 4.37. The number of hydrogen-bond acceptors (Lipinski definition) is 4. The SMILES string of the molecule is COc1ccc(Br)c(CNC(Cc2c[nH]c3ccccc23)C(=O)O)c1OCc1ccc(Cl)cc1. The van der Waals surface area contributed by atoms with E-state index in [9.17, 15) is 9.90 Å². The summed E-state index contributed by atoms with van der Waals surface area (Å²) in [6.07, 6.45) is 2.20. The van der Waals surface area contributed by atoms with Crippen LogP contribution in [0.15, 0.2) is 71.3 Å². The Balaban J connectivity index is 1.54. The Bertz CT molecular complexity index is 1290. The number of carbonyl (C=O) groups is 1. The van der Waals surface area contributed by atoms with Gasteiger partial charge >= 0.3 is 5.97 Å². The Morgan fingerprint density at radius 3 is 2.65 bits per heavy atom. The maximum Gasteiger partial charge on any atom is 0.321 e. The smallest absolute Gasteiger partial charge is 0.321 e. The highest BCUT2D eigenvalue weighted by Gasteiger charge is 2.22. The zero-order chi connectivity index (χ0) is 24.1. The molecule has 0 bridgehead atoms. The van der Waals surface area contributed by atoms with Crippen LogP contribution in [0.3, 0.4) is 0 Å². The van der Waals surface area contributed by atoms with Gasteiger partial charge < -0.3 is 19.6 Å². The molecule has 0 amide bonds. The number of H-pyrrole nitrogens is 1. The van der Waals surface area contributed by atoms with Gasteiger partial charge in [0.1, 0.15) is 12.6 Å². The molecule has 1 unspecified atom stereocenters. The molecule has 0 aliphatic carbocycles. The van der Waals surface area contributed by atoms with Gasteiger partial charge in [0.05, 0.1) is 7.11 Å². The van der Waals surface area contributed by atoms with Crippen molar-refractivity contribution in [3.05, 3.63) is 93.0 Å². The molecule has 1 atom stereocenters. The lowest BCUT2D eigenvalue weighted by Crippen LogP contribution is -2.38. The van der Waals surface area contributed by atoms with Gasteiger partial charge in [-0.05, 0) is 41.5 Å². The first-order chi connectivity index (χ1) is 16.5. The van der Waals surface area contributed by atoms with E-state index in [1.54, 1.807) is 7.11 Å². The van der Waals surface area contributed by atoms with Crippen LogP contribution in [0.1, 0.15) is 16.7 Å². The fraction of sp³-hybridized carbons (Fsp3) is 0.192. The van der Waals surface area contributed by atoms with E-state index >= 15 is 0 Å². The molecule has 4 rings (SSSR count). The highest BCUT2D eigenvalue weighted by Crippen LogP contribution is 2.37. The van der Waals surface area contributed by atoms with Gasteiger partial charge in [-0.1, -0.05) is 57.9 Å². The van der Waals surface area contributed by atoms with Crippen LogP contribution in [0.5, 0.6) is 11.5 Å². The van der Waals surface area contributed by atoms with Gasteiger partial charge in [-0.15, -0.1) is 0 Å². The van der Waals surface area contributed by atoms with Gasteiger partial charge in [0.15, 0.2) is 11.5 Å². The molecule has 0 aliphatic heterocycles. The Morgan fingerprint density at radius 1 is 1.15 bits per heavy atom. The number of aromatic amines is 1. The zero-order valence-electron chi connectivity index (χ0n) is 18.5. The number of carboxylic acids is 1. The van der Waals surface area contributed by atoms with Gasteiger partial charge in [0.25, 0.3) is 0 Å². The number of rotatable bonds is 10. The van der Waals surface area contributed by atoms with Crippen LogP contribution >= 0.6 is 27.5 Å². The van der Waals surface area contributed by atoms with Gasteiger partial charge in [0.2, 0.25) is 0 Å². The first-order valence-electron chi connectivity index (χ1n) is 10.7. The first-order valence-corrected chi connectivity index (χ1v) is 11.9. The van der Waals surface area contributed by atoms with Crippen molar-refractivity contribution in [1.29, 1.82) is 0 Å². The van der Waals surface area contributed by atoms with Gasteiger partial charge in [-0.3, -0.25) is 10.1 Å². The minimum atomic E-state index is -0.923. The lowest BCUT2D eigenvalue weighted by Gasteiger charge is -2.19. The number of aliphatic carboxylic acids is 1. The van der Waals surface area contributed by atoms with Crippen molar-refractivity contribution in [2.45, 2.75) is 25.6 Å². The second kappa shape index (κ2) is 11.0. The average molecular weight is 544 g/mol. The largest absolute Gasteiger partial charge is 0.493 e. The maximum atomic E-state index is 12.1. The van der Waals surface area contributed by atoms with Crippen LogP contribution in [0, 0.1) is 0 Å². The second-order valence-corrected chi connectivity index (χ2v) is 9.10. The fourth-order valence-electron chi connectivity index (χ4n) is 3.79. The molecule has 4 aromatic rings. The van der Waals surface area contributed by atoms with Crippen LogP contribution in [-0.4, -0.2) is 29.2 Å². The van der Waals surface area contributed by atoms with E-state index in [1.807, 2.05) is 66.9 Å². The topological polar surface area (TPSA) is 83.6 Å². The van der Waals surface area contributed by atoms with Crippen molar-refractivity contribution in [2.75, 3.05) is 7.11 Å². The summed E-state index contributed by atoms with van der Waals surface area (Å²) in [5.41, 5.74) is 3.65. The summed E-state index contributed by atoms with van der Waals surface area (Å²) in [5, 5.41) is 14.7. The van der Waals surface area contributed by atoms with Crippen LogP contribution in [0.25, 0.3) is 10.9 Å². The highest BCUT2D eigenvalue weighted by atomic mass is 79.9. The third kappa shape index (κ3) is 5.55. The third-order valence-corrected chi connectivity index (χ3v) is 6.60. The van der Waals surface area contributed by atoms with E-state index in [-0.39, 0.29) is 6.54 Å². The molecule has 6 nitrogen and oxygen atoms in total. The number of fused-ring (bicyclic) bond motifs is 1. The first kappa shape index (κ1) is 24.1. The minimum Gasteiger partial charge on any atom is -0.493 e. The predicted molar refractivity (Wildman–Crippen MR) is 137 cm³/mol. The molecule has 0 saturated heterocycles. The number of halogens is 2. The Kier molecular flexibility index (Phi) is 7.77. The monoisotopic (exact) mass is 542 g/mol. The summed E-state index contributed by atoms with van der Waals surface area (Å²) >= 11 is 9.56. The third-order valence-electron chi connectivity index (χ3n) is 5.61. The number of hydrogen-bond donors (Lipinski definition) is 3. The summed E-state index contributed by atoms with van der Waals surface area (Å²) in [6.45, 7) is 0.585. The van der Waals surface area contributed by atoms with Crippen LogP contribution < -0.4 is 14.8 Å². The van der Waals surface area contributed by atoms with Crippen molar-refractivity contribution >= 4 is 44.4 Å². The van der Waals surface area contributed by atoms with Crippen LogP contribution in [0.2, 0.25) is 5.02 Å².